The van der Waals surface area contributed by atoms with Crippen LogP contribution in [-0.4, -0.2) is 13.7 Å². The van der Waals surface area contributed by atoms with E-state index in [1.54, 1.807) is 7.11 Å². The molecule has 1 rings (SSSR count). The molecule has 0 aromatic rings. The van der Waals surface area contributed by atoms with E-state index in [0.29, 0.717) is 5.41 Å². The Balaban J connectivity index is 2.29. The Morgan fingerprint density at radius 3 is 2.73 bits per heavy atom. The quantitative estimate of drug-likeness (QED) is 0.610. The van der Waals surface area contributed by atoms with Gasteiger partial charge in [-0.2, -0.15) is 0 Å². The standard InChI is InChI=1S/C10H20O/c1-9-4-5-10(2,8-9)6-7-11-3/h9H,4-8H2,1-3H3/t9-,10?/m0/s1. The molecule has 11 heavy (non-hydrogen) atoms. The lowest BCUT2D eigenvalue weighted by atomic mass is 9.85. The van der Waals surface area contributed by atoms with Crippen molar-refractivity contribution in [3.05, 3.63) is 0 Å². The van der Waals surface area contributed by atoms with E-state index in [-0.39, 0.29) is 0 Å². The number of rotatable bonds is 3. The van der Waals surface area contributed by atoms with Gasteiger partial charge in [0.1, 0.15) is 0 Å². The van der Waals surface area contributed by atoms with Gasteiger partial charge in [-0.1, -0.05) is 20.3 Å². The summed E-state index contributed by atoms with van der Waals surface area (Å²) in [6.07, 6.45) is 5.46. The smallest absolute Gasteiger partial charge is 0.0467 e. The molecule has 0 bridgehead atoms. The minimum atomic E-state index is 0.593. The van der Waals surface area contributed by atoms with E-state index in [1.165, 1.54) is 25.7 Å². The number of hydrogen-bond acceptors (Lipinski definition) is 1. The zero-order valence-corrected chi connectivity index (χ0v) is 8.02. The predicted octanol–water partition coefficient (Wildman–Crippen LogP) is 2.85. The van der Waals surface area contributed by atoms with Gasteiger partial charge in [-0.15, -0.1) is 0 Å². The molecule has 0 spiro atoms. The van der Waals surface area contributed by atoms with Gasteiger partial charge in [0.25, 0.3) is 0 Å². The highest BCUT2D eigenvalue weighted by Crippen LogP contribution is 2.43. The highest BCUT2D eigenvalue weighted by Gasteiger charge is 2.32. The van der Waals surface area contributed by atoms with Gasteiger partial charge < -0.3 is 4.74 Å². The molecule has 2 atom stereocenters. The Kier molecular flexibility index (Phi) is 2.94. The van der Waals surface area contributed by atoms with Crippen LogP contribution in [0.3, 0.4) is 0 Å². The summed E-state index contributed by atoms with van der Waals surface area (Å²) in [4.78, 5) is 0. The highest BCUT2D eigenvalue weighted by atomic mass is 16.5. The summed E-state index contributed by atoms with van der Waals surface area (Å²) < 4.78 is 5.10. The second-order valence-corrected chi connectivity index (χ2v) is 4.40. The summed E-state index contributed by atoms with van der Waals surface area (Å²) in [6.45, 7) is 5.69. The van der Waals surface area contributed by atoms with Gasteiger partial charge in [0.15, 0.2) is 0 Å². The molecule has 0 aromatic heterocycles. The van der Waals surface area contributed by atoms with Gasteiger partial charge >= 0.3 is 0 Å². The Morgan fingerprint density at radius 1 is 1.55 bits per heavy atom. The average Bonchev–Trinajstić information content (AvgIpc) is 2.28. The molecule has 0 aromatic carbocycles. The first-order valence-electron chi connectivity index (χ1n) is 4.65. The highest BCUT2D eigenvalue weighted by molar-refractivity contribution is 4.83. The maximum Gasteiger partial charge on any atom is 0.0467 e. The fourth-order valence-corrected chi connectivity index (χ4v) is 2.22. The van der Waals surface area contributed by atoms with Crippen molar-refractivity contribution in [2.75, 3.05) is 13.7 Å². The normalized spacial score (nSPS) is 37.9. The van der Waals surface area contributed by atoms with Crippen molar-refractivity contribution in [1.29, 1.82) is 0 Å². The van der Waals surface area contributed by atoms with Crippen molar-refractivity contribution >= 4 is 0 Å². The molecule has 1 heteroatoms. The fraction of sp³-hybridized carbons (Fsp3) is 1.00. The first-order chi connectivity index (χ1) is 5.16. The van der Waals surface area contributed by atoms with Crippen molar-refractivity contribution < 1.29 is 4.74 Å². The lowest BCUT2D eigenvalue weighted by Gasteiger charge is -2.22. The van der Waals surface area contributed by atoms with Crippen LogP contribution < -0.4 is 0 Å². The number of hydrogen-bond donors (Lipinski definition) is 0. The molecule has 66 valence electrons. The van der Waals surface area contributed by atoms with Gasteiger partial charge in [0.2, 0.25) is 0 Å². The molecular weight excluding hydrogens is 136 g/mol. The molecule has 0 aliphatic heterocycles. The Hall–Kier alpha value is -0.0400. The van der Waals surface area contributed by atoms with Gasteiger partial charge in [0, 0.05) is 13.7 Å². The summed E-state index contributed by atoms with van der Waals surface area (Å²) in [6, 6.07) is 0. The van der Waals surface area contributed by atoms with E-state index in [0.717, 1.165) is 12.5 Å². The van der Waals surface area contributed by atoms with Gasteiger partial charge in [-0.05, 0) is 30.6 Å². The van der Waals surface area contributed by atoms with Crippen molar-refractivity contribution in [3.63, 3.8) is 0 Å². The molecule has 1 aliphatic rings. The van der Waals surface area contributed by atoms with Crippen LogP contribution in [0.1, 0.15) is 39.5 Å². The molecular formula is C10H20O. The molecule has 0 saturated heterocycles. The van der Waals surface area contributed by atoms with Crippen LogP contribution in [0.2, 0.25) is 0 Å². The Morgan fingerprint density at radius 2 is 2.27 bits per heavy atom. The molecule has 1 nitrogen and oxygen atoms in total. The SMILES string of the molecule is COCCC1(C)CC[C@H](C)C1. The zero-order valence-electron chi connectivity index (χ0n) is 8.02. The first-order valence-corrected chi connectivity index (χ1v) is 4.65. The Bertz CT molecular complexity index is 122. The van der Waals surface area contributed by atoms with Crippen LogP contribution in [-0.2, 0) is 4.74 Å². The predicted molar refractivity (Wildman–Crippen MR) is 47.6 cm³/mol. The second-order valence-electron chi connectivity index (χ2n) is 4.40. The lowest BCUT2D eigenvalue weighted by Crippen LogP contribution is -2.14. The molecule has 0 N–H and O–H groups in total. The minimum Gasteiger partial charge on any atom is -0.385 e. The van der Waals surface area contributed by atoms with Crippen molar-refractivity contribution in [3.8, 4) is 0 Å². The largest absolute Gasteiger partial charge is 0.385 e. The summed E-state index contributed by atoms with van der Waals surface area (Å²) in [5.41, 5.74) is 0.593. The third-order valence-corrected chi connectivity index (χ3v) is 2.99. The van der Waals surface area contributed by atoms with E-state index < -0.39 is 0 Å². The van der Waals surface area contributed by atoms with E-state index in [4.69, 9.17) is 4.74 Å². The third kappa shape index (κ3) is 2.48. The summed E-state index contributed by atoms with van der Waals surface area (Å²) in [7, 11) is 1.79. The Labute approximate surface area is 70.1 Å². The van der Waals surface area contributed by atoms with Gasteiger partial charge in [-0.25, -0.2) is 0 Å². The number of methoxy groups -OCH3 is 1. The van der Waals surface area contributed by atoms with Crippen molar-refractivity contribution in [1.82, 2.24) is 0 Å². The van der Waals surface area contributed by atoms with E-state index in [1.807, 2.05) is 0 Å². The van der Waals surface area contributed by atoms with Crippen LogP contribution in [0, 0.1) is 11.3 Å². The number of ether oxygens (including phenoxy) is 1. The zero-order chi connectivity index (χ0) is 8.32. The summed E-state index contributed by atoms with van der Waals surface area (Å²) in [5.74, 6) is 0.942. The van der Waals surface area contributed by atoms with Gasteiger partial charge in [0.05, 0.1) is 0 Å². The molecule has 0 heterocycles. The average molecular weight is 156 g/mol. The minimum absolute atomic E-state index is 0.593. The third-order valence-electron chi connectivity index (χ3n) is 2.99. The van der Waals surface area contributed by atoms with Crippen molar-refractivity contribution in [2.24, 2.45) is 11.3 Å². The van der Waals surface area contributed by atoms with Crippen LogP contribution in [0.25, 0.3) is 0 Å². The molecule has 1 fully saturated rings. The van der Waals surface area contributed by atoms with Gasteiger partial charge in [-0.3, -0.25) is 0 Å². The van der Waals surface area contributed by atoms with Crippen molar-refractivity contribution in [2.45, 2.75) is 39.5 Å². The molecule has 0 radical (unpaired) electrons. The summed E-state index contributed by atoms with van der Waals surface area (Å²) in [5, 5.41) is 0. The second kappa shape index (κ2) is 3.57. The monoisotopic (exact) mass is 156 g/mol. The molecule has 0 amide bonds. The maximum absolute atomic E-state index is 5.10. The molecule has 1 saturated carbocycles. The lowest BCUT2D eigenvalue weighted by molar-refractivity contribution is 0.145. The maximum atomic E-state index is 5.10. The van der Waals surface area contributed by atoms with E-state index in [9.17, 15) is 0 Å². The fourth-order valence-electron chi connectivity index (χ4n) is 2.22. The first kappa shape index (κ1) is 9.05. The molecule has 1 aliphatic carbocycles. The van der Waals surface area contributed by atoms with Crippen LogP contribution in [0.4, 0.5) is 0 Å². The van der Waals surface area contributed by atoms with Crippen LogP contribution in [0.5, 0.6) is 0 Å². The molecule has 1 unspecified atom stereocenters. The van der Waals surface area contributed by atoms with E-state index >= 15 is 0 Å². The van der Waals surface area contributed by atoms with E-state index in [2.05, 4.69) is 13.8 Å². The topological polar surface area (TPSA) is 9.23 Å². The van der Waals surface area contributed by atoms with Crippen LogP contribution in [0.15, 0.2) is 0 Å². The van der Waals surface area contributed by atoms with Crippen LogP contribution >= 0.6 is 0 Å². The summed E-state index contributed by atoms with van der Waals surface area (Å²) >= 11 is 0.